The Kier molecular flexibility index (Phi) is 6.78. The van der Waals surface area contributed by atoms with Crippen molar-refractivity contribution in [3.8, 4) is 0 Å². The van der Waals surface area contributed by atoms with Crippen molar-refractivity contribution in [2.24, 2.45) is 7.05 Å². The molecule has 0 saturated heterocycles. The summed E-state index contributed by atoms with van der Waals surface area (Å²) in [5.41, 5.74) is 0.842. The van der Waals surface area contributed by atoms with Crippen LogP contribution in [0, 0.1) is 0 Å². The largest absolute Gasteiger partial charge is 0.462 e. The van der Waals surface area contributed by atoms with Gasteiger partial charge in [-0.3, -0.25) is 9.59 Å². The molecule has 0 aliphatic carbocycles. The monoisotopic (exact) mass is 396 g/mol. The smallest absolute Gasteiger partial charge is 0.329 e. The first-order valence-corrected chi connectivity index (χ1v) is 9.48. The van der Waals surface area contributed by atoms with Crippen molar-refractivity contribution in [3.05, 3.63) is 66.3 Å². The average molecular weight is 396 g/mol. The van der Waals surface area contributed by atoms with Gasteiger partial charge in [-0.1, -0.05) is 42.5 Å². The summed E-state index contributed by atoms with van der Waals surface area (Å²) < 4.78 is 7.04. The van der Waals surface area contributed by atoms with Crippen LogP contribution in [0.25, 0.3) is 0 Å². The van der Waals surface area contributed by atoms with Gasteiger partial charge in [0.15, 0.2) is 5.82 Å². The number of nitrogens with zero attached hydrogens (tertiary/aromatic N) is 2. The Morgan fingerprint density at radius 1 is 1.24 bits per heavy atom. The number of hydrogen-bond acceptors (Lipinski definition) is 5. The molecule has 0 radical (unpaired) electrons. The van der Waals surface area contributed by atoms with Crippen LogP contribution in [0.2, 0.25) is 0 Å². The highest BCUT2D eigenvalue weighted by Gasteiger charge is 2.25. The van der Waals surface area contributed by atoms with Crippen molar-refractivity contribution in [2.75, 3.05) is 6.61 Å². The molecule has 1 aromatic heterocycles. The molecular weight excluding hydrogens is 372 g/mol. The van der Waals surface area contributed by atoms with E-state index < -0.39 is 24.0 Å². The van der Waals surface area contributed by atoms with Gasteiger partial charge in [0.2, 0.25) is 5.91 Å². The zero-order chi connectivity index (χ0) is 20.6. The van der Waals surface area contributed by atoms with Crippen LogP contribution < -0.4 is 10.6 Å². The highest BCUT2D eigenvalue weighted by Crippen LogP contribution is 2.15. The van der Waals surface area contributed by atoms with Crippen LogP contribution in [0.1, 0.15) is 41.5 Å². The highest BCUT2D eigenvalue weighted by atomic mass is 16.5. The van der Waals surface area contributed by atoms with Crippen LogP contribution in [-0.4, -0.2) is 40.0 Å². The molecule has 3 rings (SSSR count). The van der Waals surface area contributed by atoms with Crippen molar-refractivity contribution in [1.82, 2.24) is 20.2 Å². The maximum Gasteiger partial charge on any atom is 0.329 e. The number of ether oxygens (including phenoxy) is 1. The van der Waals surface area contributed by atoms with Crippen LogP contribution in [0.5, 0.6) is 0 Å². The van der Waals surface area contributed by atoms with Gasteiger partial charge in [-0.05, 0) is 18.4 Å². The zero-order valence-electron chi connectivity index (χ0n) is 16.2. The van der Waals surface area contributed by atoms with Gasteiger partial charge in [0.1, 0.15) is 12.6 Å². The Morgan fingerprint density at radius 3 is 2.76 bits per heavy atom. The molecule has 0 bridgehead atoms. The number of rotatable bonds is 3. The lowest BCUT2D eigenvalue weighted by molar-refractivity contribution is -0.147. The number of esters is 1. The molecule has 2 heterocycles. The summed E-state index contributed by atoms with van der Waals surface area (Å²) in [6.07, 6.45) is 7.91. The molecule has 0 unspecified atom stereocenters. The number of benzene rings is 1. The van der Waals surface area contributed by atoms with E-state index in [1.807, 2.05) is 36.4 Å². The molecule has 2 aromatic rings. The lowest BCUT2D eigenvalue weighted by Gasteiger charge is -2.22. The molecule has 152 valence electrons. The Labute approximate surface area is 169 Å². The molecule has 8 nitrogen and oxygen atoms in total. The van der Waals surface area contributed by atoms with E-state index in [0.717, 1.165) is 5.56 Å². The Balaban J connectivity index is 1.75. The van der Waals surface area contributed by atoms with Gasteiger partial charge in [0.05, 0.1) is 6.04 Å². The normalized spacial score (nSPS) is 21.8. The van der Waals surface area contributed by atoms with Crippen LogP contribution in [-0.2, 0) is 21.4 Å². The molecule has 8 heteroatoms. The van der Waals surface area contributed by atoms with Gasteiger partial charge in [0, 0.05) is 25.9 Å². The molecular formula is C21H24N4O4. The molecule has 2 amide bonds. The highest BCUT2D eigenvalue weighted by molar-refractivity contribution is 5.94. The molecule has 1 aliphatic rings. The predicted octanol–water partition coefficient (Wildman–Crippen LogP) is 1.66. The lowest BCUT2D eigenvalue weighted by Crippen LogP contribution is -2.43. The van der Waals surface area contributed by atoms with Gasteiger partial charge < -0.3 is 19.9 Å². The fourth-order valence-corrected chi connectivity index (χ4v) is 3.02. The number of aromatic nitrogens is 2. The standard InChI is InChI=1S/C21H24N4O4/c1-25-13-12-22-19(25)20(27)24-16-10-6-3-7-11-18(26)23-17(14-29-21(16)28)15-8-4-2-5-9-15/h2-6,8-9,12-13,16-17H,7,10-11,14H2,1H3,(H,23,26)(H,24,27)/b6-3+/t16-,17+/m1/s1. The van der Waals surface area contributed by atoms with E-state index >= 15 is 0 Å². The quantitative estimate of drug-likeness (QED) is 0.607. The summed E-state index contributed by atoms with van der Waals surface area (Å²) in [4.78, 5) is 41.3. The van der Waals surface area contributed by atoms with E-state index in [2.05, 4.69) is 15.6 Å². The van der Waals surface area contributed by atoms with Crippen LogP contribution in [0.3, 0.4) is 0 Å². The number of carbonyl (C=O) groups is 3. The van der Waals surface area contributed by atoms with Gasteiger partial charge in [-0.25, -0.2) is 9.78 Å². The fourth-order valence-electron chi connectivity index (χ4n) is 3.02. The van der Waals surface area contributed by atoms with Crippen molar-refractivity contribution < 1.29 is 19.1 Å². The second-order valence-corrected chi connectivity index (χ2v) is 6.79. The van der Waals surface area contributed by atoms with Gasteiger partial charge in [0.25, 0.3) is 5.91 Å². The third-order valence-corrected chi connectivity index (χ3v) is 4.62. The fraction of sp³-hybridized carbons (Fsp3) is 0.333. The first kappa shape index (κ1) is 20.3. The number of aryl methyl sites for hydroxylation is 1. The Hall–Kier alpha value is -3.42. The molecule has 0 fully saturated rings. The topological polar surface area (TPSA) is 102 Å². The van der Waals surface area contributed by atoms with Gasteiger partial charge >= 0.3 is 5.97 Å². The first-order valence-electron chi connectivity index (χ1n) is 9.48. The Bertz CT molecular complexity index is 891. The van der Waals surface area contributed by atoms with E-state index in [-0.39, 0.29) is 24.8 Å². The van der Waals surface area contributed by atoms with Gasteiger partial charge in [-0.15, -0.1) is 0 Å². The minimum Gasteiger partial charge on any atom is -0.462 e. The molecule has 2 N–H and O–H groups in total. The van der Waals surface area contributed by atoms with E-state index in [9.17, 15) is 14.4 Å². The summed E-state index contributed by atoms with van der Waals surface area (Å²) in [6, 6.07) is 8.02. The molecule has 1 aliphatic heterocycles. The van der Waals surface area contributed by atoms with E-state index in [4.69, 9.17) is 4.74 Å². The number of carbonyl (C=O) groups excluding carboxylic acids is 3. The first-order chi connectivity index (χ1) is 14.0. The van der Waals surface area contributed by atoms with Crippen LogP contribution in [0.4, 0.5) is 0 Å². The number of imidazole rings is 1. The maximum atomic E-state index is 12.7. The number of nitrogens with one attached hydrogen (secondary N) is 2. The van der Waals surface area contributed by atoms with Gasteiger partial charge in [-0.2, -0.15) is 0 Å². The second-order valence-electron chi connectivity index (χ2n) is 6.79. The zero-order valence-corrected chi connectivity index (χ0v) is 16.2. The third-order valence-electron chi connectivity index (χ3n) is 4.62. The number of hydrogen-bond donors (Lipinski definition) is 2. The van der Waals surface area contributed by atoms with Crippen molar-refractivity contribution in [2.45, 2.75) is 31.3 Å². The van der Waals surface area contributed by atoms with Crippen molar-refractivity contribution >= 4 is 17.8 Å². The molecule has 0 saturated carbocycles. The predicted molar refractivity (Wildman–Crippen MR) is 106 cm³/mol. The van der Waals surface area contributed by atoms with E-state index in [0.29, 0.717) is 12.8 Å². The number of amides is 2. The van der Waals surface area contributed by atoms with Crippen molar-refractivity contribution in [1.29, 1.82) is 0 Å². The minimum absolute atomic E-state index is 0.0208. The average Bonchev–Trinajstić information content (AvgIpc) is 3.15. The summed E-state index contributed by atoms with van der Waals surface area (Å²) in [6.45, 7) is -0.0208. The SMILES string of the molecule is Cn1ccnc1C(=O)N[C@@H]1C/C=C/CCC(=O)N[C@H](c2ccccc2)COC1=O. The molecule has 2 atom stereocenters. The second kappa shape index (κ2) is 9.68. The minimum atomic E-state index is -0.845. The van der Waals surface area contributed by atoms with Crippen molar-refractivity contribution in [3.63, 3.8) is 0 Å². The van der Waals surface area contributed by atoms with Crippen LogP contribution >= 0.6 is 0 Å². The molecule has 0 spiro atoms. The van der Waals surface area contributed by atoms with Crippen LogP contribution in [0.15, 0.2) is 54.9 Å². The number of cyclic esters (lactones) is 1. The van der Waals surface area contributed by atoms with E-state index in [1.54, 1.807) is 23.9 Å². The van der Waals surface area contributed by atoms with E-state index in [1.165, 1.54) is 6.20 Å². The summed E-state index contributed by atoms with van der Waals surface area (Å²) >= 11 is 0. The third kappa shape index (κ3) is 5.54. The molecule has 1 aromatic carbocycles. The Morgan fingerprint density at radius 2 is 2.03 bits per heavy atom. The maximum absolute atomic E-state index is 12.7. The summed E-state index contributed by atoms with van der Waals surface area (Å²) in [7, 11) is 1.70. The number of allylic oxidation sites excluding steroid dienone is 1. The molecule has 29 heavy (non-hydrogen) atoms. The summed E-state index contributed by atoms with van der Waals surface area (Å²) in [5.74, 6) is -0.914. The lowest BCUT2D eigenvalue weighted by atomic mass is 10.1. The summed E-state index contributed by atoms with van der Waals surface area (Å²) in [5, 5.41) is 5.60.